The molecule has 0 aliphatic heterocycles. The van der Waals surface area contributed by atoms with Crippen molar-refractivity contribution >= 4 is 21.8 Å². The van der Waals surface area contributed by atoms with Crippen molar-refractivity contribution in [2.75, 3.05) is 13.2 Å². The van der Waals surface area contributed by atoms with Gasteiger partial charge in [-0.05, 0) is 40.9 Å². The Morgan fingerprint density at radius 2 is 2.11 bits per heavy atom. The van der Waals surface area contributed by atoms with E-state index in [2.05, 4.69) is 21.2 Å². The molecule has 4 nitrogen and oxygen atoms in total. The molecule has 0 saturated carbocycles. The van der Waals surface area contributed by atoms with Crippen LogP contribution in [0.3, 0.4) is 0 Å². The molecular weight excluding hydrogens is 298 g/mol. The third-order valence-corrected chi connectivity index (χ3v) is 3.38. The molecule has 2 N–H and O–H groups in total. The number of para-hydroxylation sites is 1. The Labute approximate surface area is 115 Å². The summed E-state index contributed by atoms with van der Waals surface area (Å²) >= 11 is 3.34. The SMILES string of the molecule is CC(CO)C(C)NC(=O)COc1ccccc1Br. The Morgan fingerprint density at radius 1 is 1.44 bits per heavy atom. The summed E-state index contributed by atoms with van der Waals surface area (Å²) in [5.74, 6) is 0.464. The van der Waals surface area contributed by atoms with Crippen LogP contribution >= 0.6 is 15.9 Å². The van der Waals surface area contributed by atoms with Gasteiger partial charge < -0.3 is 15.2 Å². The molecule has 0 aliphatic rings. The molecule has 1 amide bonds. The minimum absolute atomic E-state index is 0.0254. The number of rotatable bonds is 6. The highest BCUT2D eigenvalue weighted by Crippen LogP contribution is 2.23. The average Bonchev–Trinajstić information content (AvgIpc) is 2.36. The number of carbonyl (C=O) groups is 1. The number of aliphatic hydroxyl groups excluding tert-OH is 1. The van der Waals surface area contributed by atoms with Gasteiger partial charge in [0.05, 0.1) is 4.47 Å². The van der Waals surface area contributed by atoms with Gasteiger partial charge in [0, 0.05) is 12.6 Å². The lowest BCUT2D eigenvalue weighted by atomic mass is 10.1. The van der Waals surface area contributed by atoms with Crippen LogP contribution in [0.5, 0.6) is 5.75 Å². The lowest BCUT2D eigenvalue weighted by molar-refractivity contribution is -0.124. The van der Waals surface area contributed by atoms with Gasteiger partial charge in [-0.15, -0.1) is 0 Å². The quantitative estimate of drug-likeness (QED) is 0.843. The fourth-order valence-electron chi connectivity index (χ4n) is 1.30. The van der Waals surface area contributed by atoms with E-state index in [-0.39, 0.29) is 31.1 Å². The molecule has 0 fully saturated rings. The number of carbonyl (C=O) groups excluding carboxylic acids is 1. The van der Waals surface area contributed by atoms with Gasteiger partial charge in [-0.2, -0.15) is 0 Å². The number of amides is 1. The molecule has 1 rings (SSSR count). The van der Waals surface area contributed by atoms with Gasteiger partial charge in [0.15, 0.2) is 6.61 Å². The van der Waals surface area contributed by atoms with E-state index in [0.717, 1.165) is 4.47 Å². The van der Waals surface area contributed by atoms with Crippen molar-refractivity contribution in [2.24, 2.45) is 5.92 Å². The van der Waals surface area contributed by atoms with Crippen molar-refractivity contribution in [3.05, 3.63) is 28.7 Å². The minimum atomic E-state index is -0.196. The predicted octanol–water partition coefficient (Wildman–Crippen LogP) is 1.96. The Bertz CT molecular complexity index is 398. The van der Waals surface area contributed by atoms with Crippen molar-refractivity contribution < 1.29 is 14.6 Å². The largest absolute Gasteiger partial charge is 0.483 e. The van der Waals surface area contributed by atoms with E-state index in [0.29, 0.717) is 5.75 Å². The lowest BCUT2D eigenvalue weighted by Gasteiger charge is -2.19. The Hall–Kier alpha value is -1.07. The van der Waals surface area contributed by atoms with Gasteiger partial charge in [-0.25, -0.2) is 0 Å². The molecule has 1 aromatic carbocycles. The van der Waals surface area contributed by atoms with Crippen LogP contribution in [-0.4, -0.2) is 30.3 Å². The zero-order valence-electron chi connectivity index (χ0n) is 10.5. The molecule has 0 saturated heterocycles. The molecule has 0 radical (unpaired) electrons. The zero-order valence-corrected chi connectivity index (χ0v) is 12.1. The van der Waals surface area contributed by atoms with E-state index in [1.807, 2.05) is 32.0 Å². The van der Waals surface area contributed by atoms with Gasteiger partial charge in [0.2, 0.25) is 0 Å². The molecule has 100 valence electrons. The average molecular weight is 316 g/mol. The fraction of sp³-hybridized carbons (Fsp3) is 0.462. The van der Waals surface area contributed by atoms with E-state index in [1.54, 1.807) is 6.07 Å². The van der Waals surface area contributed by atoms with Gasteiger partial charge in [0.25, 0.3) is 5.91 Å². The Kier molecular flexibility index (Phi) is 6.15. The standard InChI is InChI=1S/C13H18BrNO3/c1-9(7-16)10(2)15-13(17)8-18-12-6-4-3-5-11(12)14/h3-6,9-10,16H,7-8H2,1-2H3,(H,15,17). The monoisotopic (exact) mass is 315 g/mol. The number of hydrogen-bond acceptors (Lipinski definition) is 3. The maximum atomic E-state index is 11.6. The van der Waals surface area contributed by atoms with Gasteiger partial charge >= 0.3 is 0 Å². The minimum Gasteiger partial charge on any atom is -0.483 e. The number of nitrogens with one attached hydrogen (secondary N) is 1. The number of ether oxygens (including phenoxy) is 1. The summed E-state index contributed by atoms with van der Waals surface area (Å²) in [6.07, 6.45) is 0. The molecule has 18 heavy (non-hydrogen) atoms. The summed E-state index contributed by atoms with van der Waals surface area (Å²) in [6, 6.07) is 7.28. The summed E-state index contributed by atoms with van der Waals surface area (Å²) in [7, 11) is 0. The second-order valence-corrected chi connectivity index (χ2v) is 5.09. The molecule has 0 aliphatic carbocycles. The molecule has 2 unspecified atom stereocenters. The predicted molar refractivity (Wildman–Crippen MR) is 73.5 cm³/mol. The zero-order chi connectivity index (χ0) is 13.5. The van der Waals surface area contributed by atoms with Gasteiger partial charge in [-0.3, -0.25) is 4.79 Å². The summed E-state index contributed by atoms with van der Waals surface area (Å²) in [5.41, 5.74) is 0. The number of hydrogen-bond donors (Lipinski definition) is 2. The fourth-order valence-corrected chi connectivity index (χ4v) is 1.70. The van der Waals surface area contributed by atoms with Crippen molar-refractivity contribution in [1.82, 2.24) is 5.32 Å². The molecule has 1 aromatic rings. The van der Waals surface area contributed by atoms with Crippen LogP contribution in [0.1, 0.15) is 13.8 Å². The first kappa shape index (κ1) is 15.0. The van der Waals surface area contributed by atoms with Crippen molar-refractivity contribution in [1.29, 1.82) is 0 Å². The first-order valence-electron chi connectivity index (χ1n) is 5.82. The first-order chi connectivity index (χ1) is 8.54. The van der Waals surface area contributed by atoms with Crippen molar-refractivity contribution in [3.8, 4) is 5.75 Å². The van der Waals surface area contributed by atoms with Crippen LogP contribution < -0.4 is 10.1 Å². The highest BCUT2D eigenvalue weighted by Gasteiger charge is 2.14. The molecule has 0 spiro atoms. The summed E-state index contributed by atoms with van der Waals surface area (Å²) in [4.78, 5) is 11.6. The van der Waals surface area contributed by atoms with E-state index in [9.17, 15) is 4.79 Å². The molecule has 0 bridgehead atoms. The number of halogens is 1. The van der Waals surface area contributed by atoms with Crippen LogP contribution in [0, 0.1) is 5.92 Å². The lowest BCUT2D eigenvalue weighted by Crippen LogP contribution is -2.40. The molecule has 0 aromatic heterocycles. The van der Waals surface area contributed by atoms with Crippen molar-refractivity contribution in [2.45, 2.75) is 19.9 Å². The topological polar surface area (TPSA) is 58.6 Å². The molecule has 5 heteroatoms. The van der Waals surface area contributed by atoms with Crippen LogP contribution in [0.4, 0.5) is 0 Å². The first-order valence-corrected chi connectivity index (χ1v) is 6.61. The van der Waals surface area contributed by atoms with E-state index < -0.39 is 0 Å². The number of benzene rings is 1. The Balaban J connectivity index is 2.40. The normalized spacial score (nSPS) is 13.8. The highest BCUT2D eigenvalue weighted by atomic mass is 79.9. The van der Waals surface area contributed by atoms with Crippen molar-refractivity contribution in [3.63, 3.8) is 0 Å². The third kappa shape index (κ3) is 4.66. The van der Waals surface area contributed by atoms with Gasteiger partial charge in [0.1, 0.15) is 5.75 Å². The van der Waals surface area contributed by atoms with E-state index >= 15 is 0 Å². The van der Waals surface area contributed by atoms with E-state index in [1.165, 1.54) is 0 Å². The van der Waals surface area contributed by atoms with E-state index in [4.69, 9.17) is 9.84 Å². The van der Waals surface area contributed by atoms with Crippen LogP contribution in [0.2, 0.25) is 0 Å². The summed E-state index contributed by atoms with van der Waals surface area (Å²) in [6.45, 7) is 3.74. The Morgan fingerprint density at radius 3 is 2.72 bits per heavy atom. The molecule has 2 atom stereocenters. The number of aliphatic hydroxyl groups is 1. The summed E-state index contributed by atoms with van der Waals surface area (Å²) in [5, 5.41) is 11.8. The van der Waals surface area contributed by atoms with Crippen LogP contribution in [0.25, 0.3) is 0 Å². The summed E-state index contributed by atoms with van der Waals surface area (Å²) < 4.78 is 6.21. The maximum absolute atomic E-state index is 11.6. The maximum Gasteiger partial charge on any atom is 0.258 e. The second-order valence-electron chi connectivity index (χ2n) is 4.24. The van der Waals surface area contributed by atoms with Crippen LogP contribution in [0.15, 0.2) is 28.7 Å². The van der Waals surface area contributed by atoms with Crippen LogP contribution in [-0.2, 0) is 4.79 Å². The molecule has 0 heterocycles. The second kappa shape index (κ2) is 7.38. The molecular formula is C13H18BrNO3. The highest BCUT2D eigenvalue weighted by molar-refractivity contribution is 9.10. The smallest absolute Gasteiger partial charge is 0.258 e. The van der Waals surface area contributed by atoms with Gasteiger partial charge in [-0.1, -0.05) is 19.1 Å². The third-order valence-electron chi connectivity index (χ3n) is 2.73.